The summed E-state index contributed by atoms with van der Waals surface area (Å²) >= 11 is 0. The molecule has 0 aliphatic carbocycles. The first-order valence-corrected chi connectivity index (χ1v) is 38.8. The lowest BCUT2D eigenvalue weighted by Crippen LogP contribution is -2.65. The standard InChI is InChI=1S/C98H104B2N4O2/c1-91(2,3)57-41-58(92(4,5)6)44-63(43-57)103-79-49-61(95(13,14)15)47-71(97(19,20)21)87(79)99-73-55-74-84(56-83(73)105-85-53-65(51-81(103)89(85)99)101-75-37-29-25-33-67(75)68-34-26-30-38-76(68)101)106-86-54-66(102-77-39-31-27-35-69(77)70-36-28-32-40-78(70)102)52-82-90(86)100(74)88-72(98(22,23)24)48-62(96(16,17)18)50-80(88)104(82)64-45-59(93(7,8)9)42-60(46-64)94(10,11)12/h25-56H,1-24H3. The second-order valence-corrected chi connectivity index (χ2v) is 39.6. The summed E-state index contributed by atoms with van der Waals surface area (Å²) in [5.74, 6) is 3.29. The molecule has 106 heavy (non-hydrogen) atoms. The zero-order chi connectivity index (χ0) is 75.1. The van der Waals surface area contributed by atoms with Crippen LogP contribution in [0.4, 0.5) is 34.1 Å². The Morgan fingerprint density at radius 1 is 0.236 bits per heavy atom. The van der Waals surface area contributed by atoms with E-state index in [0.717, 1.165) is 90.1 Å². The largest absolute Gasteiger partial charge is 0.458 e. The van der Waals surface area contributed by atoms with Gasteiger partial charge in [-0.25, -0.2) is 0 Å². The van der Waals surface area contributed by atoms with Crippen molar-refractivity contribution in [3.05, 3.63) is 239 Å². The highest BCUT2D eigenvalue weighted by atomic mass is 16.5. The third-order valence-corrected chi connectivity index (χ3v) is 23.7. The van der Waals surface area contributed by atoms with Crippen LogP contribution in [-0.2, 0) is 43.3 Å². The minimum atomic E-state index is -0.297. The number of aromatic nitrogens is 2. The first kappa shape index (κ1) is 69.4. The van der Waals surface area contributed by atoms with Gasteiger partial charge >= 0.3 is 0 Å². The number of benzene rings is 11. The van der Waals surface area contributed by atoms with E-state index in [-0.39, 0.29) is 56.7 Å². The van der Waals surface area contributed by atoms with Gasteiger partial charge in [0.1, 0.15) is 23.0 Å². The Hall–Kier alpha value is -9.65. The molecule has 17 rings (SSSR count). The molecule has 0 bridgehead atoms. The normalized spacial score (nSPS) is 14.5. The van der Waals surface area contributed by atoms with Crippen molar-refractivity contribution in [1.29, 1.82) is 0 Å². The molecule has 8 heteroatoms. The van der Waals surface area contributed by atoms with Crippen LogP contribution in [0.25, 0.3) is 55.0 Å². The third-order valence-electron chi connectivity index (χ3n) is 23.7. The van der Waals surface area contributed by atoms with Crippen LogP contribution in [0.1, 0.15) is 211 Å². The highest BCUT2D eigenvalue weighted by molar-refractivity contribution is 7.02. The molecule has 0 atom stereocenters. The molecule has 4 aliphatic heterocycles. The zero-order valence-electron chi connectivity index (χ0n) is 67.2. The number of fused-ring (bicyclic) bond motifs is 14. The summed E-state index contributed by atoms with van der Waals surface area (Å²) in [6.45, 7) is 56.7. The van der Waals surface area contributed by atoms with E-state index in [1.54, 1.807) is 0 Å². The molecule has 0 spiro atoms. The first-order chi connectivity index (χ1) is 49.6. The summed E-state index contributed by atoms with van der Waals surface area (Å²) in [7, 11) is 0. The van der Waals surface area contributed by atoms with Crippen molar-refractivity contribution >= 4 is 124 Å². The minimum absolute atomic E-state index is 0.151. The maximum Gasteiger partial charge on any atom is 0.256 e. The Morgan fingerprint density at radius 3 is 0.792 bits per heavy atom. The number of anilines is 6. The Labute approximate surface area is 631 Å². The van der Waals surface area contributed by atoms with Crippen molar-refractivity contribution < 1.29 is 9.47 Å². The molecule has 0 unspecified atom stereocenters. The highest BCUT2D eigenvalue weighted by Gasteiger charge is 2.51. The van der Waals surface area contributed by atoms with Gasteiger partial charge in [-0.15, -0.1) is 0 Å². The zero-order valence-corrected chi connectivity index (χ0v) is 67.2. The van der Waals surface area contributed by atoms with E-state index >= 15 is 0 Å². The monoisotopic (exact) mass is 1390 g/mol. The molecule has 13 aromatic rings. The van der Waals surface area contributed by atoms with Gasteiger partial charge in [0.2, 0.25) is 0 Å². The van der Waals surface area contributed by atoms with Gasteiger partial charge in [-0.3, -0.25) is 0 Å². The van der Waals surface area contributed by atoms with E-state index in [2.05, 4.69) is 379 Å². The van der Waals surface area contributed by atoms with E-state index in [9.17, 15) is 0 Å². The van der Waals surface area contributed by atoms with Crippen LogP contribution >= 0.6 is 0 Å². The molecule has 0 saturated heterocycles. The Bertz CT molecular complexity index is 5370. The van der Waals surface area contributed by atoms with Gasteiger partial charge in [-0.05, 0) is 193 Å². The van der Waals surface area contributed by atoms with Gasteiger partial charge in [0.05, 0.1) is 33.4 Å². The molecule has 6 heterocycles. The van der Waals surface area contributed by atoms with Crippen molar-refractivity contribution in [1.82, 2.24) is 9.13 Å². The van der Waals surface area contributed by atoms with E-state index in [1.165, 1.54) is 99.3 Å². The van der Waals surface area contributed by atoms with Crippen LogP contribution in [0.5, 0.6) is 23.0 Å². The van der Waals surface area contributed by atoms with Crippen molar-refractivity contribution in [3.63, 3.8) is 0 Å². The van der Waals surface area contributed by atoms with Gasteiger partial charge in [0, 0.05) is 73.9 Å². The second kappa shape index (κ2) is 22.9. The number of nitrogens with zero attached hydrogens (tertiary/aromatic N) is 4. The van der Waals surface area contributed by atoms with Gasteiger partial charge in [-0.1, -0.05) is 269 Å². The van der Waals surface area contributed by atoms with Gasteiger partial charge in [0.15, 0.2) is 0 Å². The Kier molecular flexibility index (Phi) is 15.0. The highest BCUT2D eigenvalue weighted by Crippen LogP contribution is 2.52. The topological polar surface area (TPSA) is 34.8 Å². The quantitative estimate of drug-likeness (QED) is 0.165. The van der Waals surface area contributed by atoms with Crippen molar-refractivity contribution in [3.8, 4) is 34.4 Å². The Balaban J connectivity index is 1.02. The van der Waals surface area contributed by atoms with E-state index in [0.29, 0.717) is 0 Å². The van der Waals surface area contributed by atoms with Crippen LogP contribution in [0.3, 0.4) is 0 Å². The summed E-state index contributed by atoms with van der Waals surface area (Å²) in [4.78, 5) is 5.33. The molecule has 6 nitrogen and oxygen atoms in total. The molecule has 0 saturated carbocycles. The number of para-hydroxylation sites is 4. The fourth-order valence-corrected chi connectivity index (χ4v) is 17.7. The molecule has 2 aromatic heterocycles. The second-order valence-electron chi connectivity index (χ2n) is 39.6. The van der Waals surface area contributed by atoms with Crippen molar-refractivity contribution in [2.24, 2.45) is 0 Å². The molecule has 0 N–H and O–H groups in total. The fraction of sp³-hybridized carbons (Fsp3) is 0.327. The van der Waals surface area contributed by atoms with Gasteiger partial charge in [-0.2, -0.15) is 0 Å². The van der Waals surface area contributed by atoms with Crippen LogP contribution in [-0.4, -0.2) is 22.6 Å². The molecular weight excluding hydrogens is 1290 g/mol. The van der Waals surface area contributed by atoms with Gasteiger partial charge < -0.3 is 28.4 Å². The van der Waals surface area contributed by atoms with Crippen molar-refractivity contribution in [2.75, 3.05) is 9.80 Å². The lowest BCUT2D eigenvalue weighted by Gasteiger charge is -2.45. The molecule has 4 aliphatic rings. The molecule has 11 aromatic carbocycles. The SMILES string of the molecule is CC(C)(C)c1cc(N2c3cc(-n4c5ccccc5c5ccccc54)cc4c3B(c3cc5c(cc3O4)Oc3cc(-n4c6ccccc6c6ccccc64)cc4c3B5c3c(cc(C(C)(C)C)cc3C(C)(C)C)N4c3cc(C(C)(C)C)cc(C(C)(C)C)c3)c3c2cc(C(C)(C)C)cc3C(C)(C)C)cc(C(C)(C)C)c1. The van der Waals surface area contributed by atoms with Crippen LogP contribution in [0.15, 0.2) is 194 Å². The minimum Gasteiger partial charge on any atom is -0.458 e. The summed E-state index contributed by atoms with van der Waals surface area (Å²) in [5.41, 5.74) is 29.7. The lowest BCUT2D eigenvalue weighted by molar-refractivity contribution is 0.465. The summed E-state index contributed by atoms with van der Waals surface area (Å²) in [5, 5.41) is 4.86. The summed E-state index contributed by atoms with van der Waals surface area (Å²) < 4.78 is 21.0. The predicted molar refractivity (Wildman–Crippen MR) is 456 cm³/mol. The summed E-state index contributed by atoms with van der Waals surface area (Å²) in [6.07, 6.45) is 0. The Morgan fingerprint density at radius 2 is 0.509 bits per heavy atom. The number of rotatable bonds is 4. The van der Waals surface area contributed by atoms with Crippen LogP contribution in [0.2, 0.25) is 0 Å². The van der Waals surface area contributed by atoms with Crippen molar-refractivity contribution in [2.45, 2.75) is 209 Å². The van der Waals surface area contributed by atoms with E-state index in [1.807, 2.05) is 0 Å². The third kappa shape index (κ3) is 10.9. The van der Waals surface area contributed by atoms with E-state index < -0.39 is 0 Å². The molecule has 534 valence electrons. The average molecular weight is 1390 g/mol. The lowest BCUT2D eigenvalue weighted by atomic mass is 9.30. The van der Waals surface area contributed by atoms with Crippen LogP contribution < -0.4 is 52.1 Å². The number of ether oxygens (including phenoxy) is 2. The molecular formula is C98H104B2N4O2. The summed E-state index contributed by atoms with van der Waals surface area (Å²) in [6, 6.07) is 75.5. The molecule has 0 amide bonds. The average Bonchev–Trinajstić information content (AvgIpc) is 0.702. The first-order valence-electron chi connectivity index (χ1n) is 38.8. The molecule has 0 radical (unpaired) electrons. The maximum atomic E-state index is 8.01. The fourth-order valence-electron chi connectivity index (χ4n) is 17.7. The van der Waals surface area contributed by atoms with Gasteiger partial charge in [0.25, 0.3) is 13.4 Å². The number of hydrogen-bond acceptors (Lipinski definition) is 4. The number of hydrogen-bond donors (Lipinski definition) is 0. The predicted octanol–water partition coefficient (Wildman–Crippen LogP) is 23.1. The maximum absolute atomic E-state index is 8.01. The smallest absolute Gasteiger partial charge is 0.256 e. The molecule has 0 fully saturated rings. The van der Waals surface area contributed by atoms with E-state index in [4.69, 9.17) is 9.47 Å². The van der Waals surface area contributed by atoms with Crippen LogP contribution in [0, 0.1) is 0 Å².